The maximum Gasteiger partial charge on any atom is 0.119 e. The van der Waals surface area contributed by atoms with Crippen LogP contribution in [-0.4, -0.2) is 33.3 Å². The quantitative estimate of drug-likeness (QED) is 0.672. The molecule has 0 radical (unpaired) electrons. The van der Waals surface area contributed by atoms with Gasteiger partial charge in [-0.25, -0.2) is 0 Å². The average molecular weight is 399 g/mol. The molecule has 1 heterocycles. The fourth-order valence-electron chi connectivity index (χ4n) is 5.21. The summed E-state index contributed by atoms with van der Waals surface area (Å²) in [4.78, 5) is 2.48. The van der Waals surface area contributed by atoms with Crippen molar-refractivity contribution in [1.29, 1.82) is 0 Å². The van der Waals surface area contributed by atoms with E-state index in [4.69, 9.17) is 4.74 Å². The van der Waals surface area contributed by atoms with E-state index in [0.29, 0.717) is 11.8 Å². The Bertz CT molecular complexity index is 978. The Hall–Kier alpha value is -2.78. The highest BCUT2D eigenvalue weighted by atomic mass is 16.5. The fourth-order valence-corrected chi connectivity index (χ4v) is 5.21. The molecule has 3 heteroatoms. The molecule has 3 aromatic rings. The second kappa shape index (κ2) is 8.53. The van der Waals surface area contributed by atoms with Crippen LogP contribution in [0.2, 0.25) is 0 Å². The summed E-state index contributed by atoms with van der Waals surface area (Å²) in [6, 6.07) is 27.0. The molecule has 154 valence electrons. The molecule has 30 heavy (non-hydrogen) atoms. The summed E-state index contributed by atoms with van der Waals surface area (Å²) in [6.45, 7) is 4.29. The Balaban J connectivity index is 1.53. The Morgan fingerprint density at radius 3 is 2.37 bits per heavy atom. The van der Waals surface area contributed by atoms with Gasteiger partial charge in [0.05, 0.1) is 7.11 Å². The van der Waals surface area contributed by atoms with Crippen LogP contribution in [0, 0.1) is 0 Å². The van der Waals surface area contributed by atoms with E-state index in [-0.39, 0.29) is 0 Å². The molecule has 1 aliphatic carbocycles. The zero-order valence-corrected chi connectivity index (χ0v) is 17.7. The second-order valence-electron chi connectivity index (χ2n) is 8.43. The van der Waals surface area contributed by atoms with Gasteiger partial charge in [0, 0.05) is 37.8 Å². The number of hydrogen-bond acceptors (Lipinski definition) is 3. The first kappa shape index (κ1) is 19.2. The zero-order valence-electron chi connectivity index (χ0n) is 17.7. The van der Waals surface area contributed by atoms with Gasteiger partial charge in [-0.05, 0) is 65.3 Å². The van der Waals surface area contributed by atoms with Gasteiger partial charge in [0.1, 0.15) is 5.75 Å². The first-order valence-corrected chi connectivity index (χ1v) is 11.1. The lowest BCUT2D eigenvalue weighted by molar-refractivity contribution is 0.412. The summed E-state index contributed by atoms with van der Waals surface area (Å²) in [5.41, 5.74) is 7.06. The van der Waals surface area contributed by atoms with Crippen LogP contribution in [0.3, 0.4) is 0 Å². The molecule has 1 aliphatic heterocycles. The van der Waals surface area contributed by atoms with E-state index >= 15 is 0 Å². The predicted octanol–water partition coefficient (Wildman–Crippen LogP) is 4.97. The number of nitrogens with one attached hydrogen (secondary N) is 1. The van der Waals surface area contributed by atoms with Gasteiger partial charge < -0.3 is 15.0 Å². The SMILES string of the molecule is COc1ccc2c(c1)CCC(c1ccccc1)C2c1ccc(N2CCNCC2)cc1. The van der Waals surface area contributed by atoms with Crippen molar-refractivity contribution in [2.75, 3.05) is 38.2 Å². The van der Waals surface area contributed by atoms with Crippen LogP contribution in [-0.2, 0) is 6.42 Å². The van der Waals surface area contributed by atoms with Crippen molar-refractivity contribution in [3.63, 3.8) is 0 Å². The number of piperazine rings is 1. The Morgan fingerprint density at radius 1 is 0.867 bits per heavy atom. The van der Waals surface area contributed by atoms with E-state index in [1.54, 1.807) is 7.11 Å². The van der Waals surface area contributed by atoms with E-state index in [9.17, 15) is 0 Å². The second-order valence-corrected chi connectivity index (χ2v) is 8.43. The first-order valence-electron chi connectivity index (χ1n) is 11.1. The third kappa shape index (κ3) is 3.70. The summed E-state index contributed by atoms with van der Waals surface area (Å²) in [5.74, 6) is 1.83. The number of aryl methyl sites for hydroxylation is 1. The maximum atomic E-state index is 5.50. The van der Waals surface area contributed by atoms with E-state index in [0.717, 1.165) is 44.8 Å². The highest BCUT2D eigenvalue weighted by Crippen LogP contribution is 2.47. The largest absolute Gasteiger partial charge is 0.497 e. The van der Waals surface area contributed by atoms with E-state index < -0.39 is 0 Å². The summed E-state index contributed by atoms with van der Waals surface area (Å²) < 4.78 is 5.50. The van der Waals surface area contributed by atoms with Gasteiger partial charge in [0.25, 0.3) is 0 Å². The number of ether oxygens (including phenoxy) is 1. The van der Waals surface area contributed by atoms with Crippen LogP contribution in [0.4, 0.5) is 5.69 Å². The van der Waals surface area contributed by atoms with E-state index in [2.05, 4.69) is 83.0 Å². The minimum Gasteiger partial charge on any atom is -0.497 e. The van der Waals surface area contributed by atoms with Gasteiger partial charge >= 0.3 is 0 Å². The van der Waals surface area contributed by atoms with Gasteiger partial charge in [-0.3, -0.25) is 0 Å². The molecule has 1 saturated heterocycles. The van der Waals surface area contributed by atoms with Gasteiger partial charge in [-0.1, -0.05) is 48.5 Å². The molecule has 3 aromatic carbocycles. The lowest BCUT2D eigenvalue weighted by Gasteiger charge is -2.35. The minimum absolute atomic E-state index is 0.374. The van der Waals surface area contributed by atoms with Crippen molar-refractivity contribution in [3.05, 3.63) is 95.1 Å². The molecule has 1 fully saturated rings. The molecule has 0 saturated carbocycles. The smallest absolute Gasteiger partial charge is 0.119 e. The van der Waals surface area contributed by atoms with Crippen LogP contribution < -0.4 is 15.0 Å². The number of fused-ring (bicyclic) bond motifs is 1. The van der Waals surface area contributed by atoms with Crippen molar-refractivity contribution in [2.24, 2.45) is 0 Å². The number of anilines is 1. The van der Waals surface area contributed by atoms with Crippen LogP contribution in [0.1, 0.15) is 40.5 Å². The highest BCUT2D eigenvalue weighted by Gasteiger charge is 2.32. The van der Waals surface area contributed by atoms with E-state index in [1.807, 2.05) is 0 Å². The molecule has 0 amide bonds. The average Bonchev–Trinajstić information content (AvgIpc) is 2.84. The molecule has 1 N–H and O–H groups in total. The molecule has 0 bridgehead atoms. The number of hydrogen-bond donors (Lipinski definition) is 1. The third-order valence-corrected chi connectivity index (χ3v) is 6.77. The number of benzene rings is 3. The lowest BCUT2D eigenvalue weighted by Crippen LogP contribution is -2.43. The summed E-state index contributed by atoms with van der Waals surface area (Å²) in [7, 11) is 1.75. The normalized spacial score (nSPS) is 21.2. The van der Waals surface area contributed by atoms with Gasteiger partial charge in [-0.2, -0.15) is 0 Å². The molecule has 2 atom stereocenters. The zero-order chi connectivity index (χ0) is 20.3. The van der Waals surface area contributed by atoms with Crippen molar-refractivity contribution in [2.45, 2.75) is 24.7 Å². The molecule has 3 nitrogen and oxygen atoms in total. The maximum absolute atomic E-state index is 5.50. The highest BCUT2D eigenvalue weighted by molar-refractivity contribution is 5.52. The number of rotatable bonds is 4. The lowest BCUT2D eigenvalue weighted by atomic mass is 9.69. The van der Waals surface area contributed by atoms with Crippen LogP contribution in [0.25, 0.3) is 0 Å². The Kier molecular flexibility index (Phi) is 5.46. The van der Waals surface area contributed by atoms with Crippen molar-refractivity contribution in [3.8, 4) is 5.75 Å². The summed E-state index contributed by atoms with van der Waals surface area (Å²) in [6.07, 6.45) is 2.26. The minimum atomic E-state index is 0.374. The van der Waals surface area contributed by atoms with E-state index in [1.165, 1.54) is 27.9 Å². The van der Waals surface area contributed by atoms with Gasteiger partial charge in [0.15, 0.2) is 0 Å². The molecule has 2 aliphatic rings. The van der Waals surface area contributed by atoms with Crippen LogP contribution in [0.15, 0.2) is 72.8 Å². The van der Waals surface area contributed by atoms with Gasteiger partial charge in [0.2, 0.25) is 0 Å². The topological polar surface area (TPSA) is 24.5 Å². The van der Waals surface area contributed by atoms with Crippen molar-refractivity contribution in [1.82, 2.24) is 5.32 Å². The standard InChI is InChI=1S/C27H30N2O/c1-30-24-12-14-26-22(19-24)9-13-25(20-5-3-2-4-6-20)27(26)21-7-10-23(11-8-21)29-17-15-28-16-18-29/h2-8,10-12,14,19,25,27-28H,9,13,15-18H2,1H3. The fraction of sp³-hybridized carbons (Fsp3) is 0.333. The monoisotopic (exact) mass is 398 g/mol. The Morgan fingerprint density at radius 2 is 1.63 bits per heavy atom. The van der Waals surface area contributed by atoms with Crippen LogP contribution >= 0.6 is 0 Å². The number of methoxy groups -OCH3 is 1. The van der Waals surface area contributed by atoms with Crippen molar-refractivity contribution >= 4 is 5.69 Å². The molecular weight excluding hydrogens is 368 g/mol. The molecule has 5 rings (SSSR count). The van der Waals surface area contributed by atoms with Gasteiger partial charge in [-0.15, -0.1) is 0 Å². The first-order chi connectivity index (χ1) is 14.8. The predicted molar refractivity (Wildman–Crippen MR) is 124 cm³/mol. The molecule has 0 spiro atoms. The summed E-state index contributed by atoms with van der Waals surface area (Å²) in [5, 5.41) is 3.44. The van der Waals surface area contributed by atoms with Crippen molar-refractivity contribution < 1.29 is 4.74 Å². The van der Waals surface area contributed by atoms with Crippen LogP contribution in [0.5, 0.6) is 5.75 Å². The Labute approximate surface area is 179 Å². The third-order valence-electron chi connectivity index (χ3n) is 6.77. The summed E-state index contributed by atoms with van der Waals surface area (Å²) >= 11 is 0. The molecular formula is C27H30N2O. The molecule has 2 unspecified atom stereocenters. The number of nitrogens with zero attached hydrogens (tertiary/aromatic N) is 1. The molecule has 0 aromatic heterocycles.